The maximum Gasteiger partial charge on any atom is 0.240 e. The molecular weight excluding hydrogens is 531 g/mol. The van der Waals surface area contributed by atoms with Crippen molar-refractivity contribution in [2.24, 2.45) is 5.92 Å². The number of nitrogens with zero attached hydrogens (tertiary/aromatic N) is 4. The van der Waals surface area contributed by atoms with Crippen LogP contribution in [0, 0.1) is 11.7 Å². The van der Waals surface area contributed by atoms with Gasteiger partial charge < -0.3 is 25.2 Å². The van der Waals surface area contributed by atoms with Gasteiger partial charge in [0.1, 0.15) is 5.82 Å². The number of benzene rings is 2. The molecule has 3 aromatic rings. The predicted molar refractivity (Wildman–Crippen MR) is 158 cm³/mol. The molecule has 2 atom stereocenters. The van der Waals surface area contributed by atoms with E-state index in [9.17, 15) is 9.18 Å². The Morgan fingerprint density at radius 1 is 1.23 bits per heavy atom. The molecule has 8 nitrogen and oxygen atoms in total. The van der Waals surface area contributed by atoms with E-state index < -0.39 is 5.82 Å². The molecule has 2 N–H and O–H groups in total. The van der Waals surface area contributed by atoms with Crippen molar-refractivity contribution in [1.29, 1.82) is 0 Å². The lowest BCUT2D eigenvalue weighted by atomic mass is 9.99. The van der Waals surface area contributed by atoms with Gasteiger partial charge in [0.05, 0.1) is 18.7 Å². The lowest BCUT2D eigenvalue weighted by Gasteiger charge is -2.41. The van der Waals surface area contributed by atoms with Gasteiger partial charge in [0, 0.05) is 48.2 Å². The van der Waals surface area contributed by atoms with Crippen LogP contribution in [-0.2, 0) is 11.3 Å². The first-order chi connectivity index (χ1) is 19.2. The molecule has 1 amide bonds. The minimum atomic E-state index is -0.466. The van der Waals surface area contributed by atoms with Crippen molar-refractivity contribution in [2.45, 2.75) is 64.7 Å². The number of anilines is 2. The highest BCUT2D eigenvalue weighted by Crippen LogP contribution is 2.31. The molecule has 0 saturated carbocycles. The number of ether oxygens (including phenoxy) is 1. The quantitative estimate of drug-likeness (QED) is 0.384. The summed E-state index contributed by atoms with van der Waals surface area (Å²) in [7, 11) is 1.44. The van der Waals surface area contributed by atoms with E-state index in [1.807, 2.05) is 24.3 Å². The summed E-state index contributed by atoms with van der Waals surface area (Å²) in [5.74, 6) is 1.53. The topological polar surface area (TPSA) is 82.6 Å². The molecule has 2 aromatic carbocycles. The summed E-state index contributed by atoms with van der Waals surface area (Å²) in [6.07, 6.45) is 2.55. The number of aromatic nitrogens is 2. The normalized spacial score (nSPS) is 19.8. The van der Waals surface area contributed by atoms with Crippen molar-refractivity contribution >= 4 is 40.2 Å². The molecule has 2 aliphatic heterocycles. The van der Waals surface area contributed by atoms with Crippen LogP contribution in [0.1, 0.15) is 45.6 Å². The zero-order valence-electron chi connectivity index (χ0n) is 23.6. The summed E-state index contributed by atoms with van der Waals surface area (Å²) in [6.45, 7) is 9.21. The van der Waals surface area contributed by atoms with E-state index in [0.717, 1.165) is 44.5 Å². The van der Waals surface area contributed by atoms with Gasteiger partial charge in [-0.25, -0.2) is 9.37 Å². The predicted octanol–water partition coefficient (Wildman–Crippen LogP) is 5.25. The van der Waals surface area contributed by atoms with Gasteiger partial charge in [-0.1, -0.05) is 30.7 Å². The first-order valence-corrected chi connectivity index (χ1v) is 14.5. The Morgan fingerprint density at radius 2 is 1.95 bits per heavy atom. The lowest BCUT2D eigenvalue weighted by Crippen LogP contribution is -2.54. The van der Waals surface area contributed by atoms with E-state index in [2.05, 4.69) is 41.2 Å². The first kappa shape index (κ1) is 28.4. The smallest absolute Gasteiger partial charge is 0.240 e. The molecule has 1 aromatic heterocycles. The molecule has 0 bridgehead atoms. The first-order valence-electron chi connectivity index (χ1n) is 14.1. The number of methoxy groups -OCH3 is 1. The molecule has 0 radical (unpaired) electrons. The third-order valence-electron chi connectivity index (χ3n) is 7.93. The van der Waals surface area contributed by atoms with E-state index >= 15 is 0 Å². The minimum Gasteiger partial charge on any atom is -0.494 e. The Morgan fingerprint density at radius 3 is 2.58 bits per heavy atom. The fourth-order valence-corrected chi connectivity index (χ4v) is 5.95. The van der Waals surface area contributed by atoms with Gasteiger partial charge in [0.15, 0.2) is 11.6 Å². The Kier molecular flexibility index (Phi) is 8.61. The molecule has 214 valence electrons. The largest absolute Gasteiger partial charge is 0.494 e. The average Bonchev–Trinajstić information content (AvgIpc) is 3.39. The number of halogens is 2. The van der Waals surface area contributed by atoms with Crippen molar-refractivity contribution in [2.75, 3.05) is 37.0 Å². The van der Waals surface area contributed by atoms with Crippen LogP contribution in [0.25, 0.3) is 10.9 Å². The Balaban J connectivity index is 1.36. The van der Waals surface area contributed by atoms with Crippen molar-refractivity contribution in [1.82, 2.24) is 20.2 Å². The summed E-state index contributed by atoms with van der Waals surface area (Å²) in [6, 6.07) is 10.8. The molecular formula is C30H38ClFN6O2. The molecule has 3 heterocycles. The fraction of sp³-hybridized carbons (Fsp3) is 0.500. The van der Waals surface area contributed by atoms with Gasteiger partial charge in [-0.2, -0.15) is 4.98 Å². The van der Waals surface area contributed by atoms with Crippen LogP contribution in [0.2, 0.25) is 5.02 Å². The molecule has 2 saturated heterocycles. The van der Waals surface area contributed by atoms with Gasteiger partial charge in [0.25, 0.3) is 0 Å². The van der Waals surface area contributed by atoms with E-state index in [1.54, 1.807) is 6.07 Å². The molecule has 10 heteroatoms. The Labute approximate surface area is 240 Å². The van der Waals surface area contributed by atoms with Crippen molar-refractivity contribution < 1.29 is 13.9 Å². The number of carbonyl (C=O) groups is 1. The zero-order valence-corrected chi connectivity index (χ0v) is 24.3. The average molecular weight is 569 g/mol. The van der Waals surface area contributed by atoms with Gasteiger partial charge in [-0.05, 0) is 69.3 Å². The SMILES string of the molecule is COc1cc2nc(N3CCC(N(C(=O)C4CC(C)CN4)C(C)C)CC3)nc(NCc3ccc(Cl)cc3)c2cc1F. The molecule has 2 aliphatic rings. The second-order valence-corrected chi connectivity index (χ2v) is 11.7. The highest BCUT2D eigenvalue weighted by molar-refractivity contribution is 6.30. The second-order valence-electron chi connectivity index (χ2n) is 11.2. The van der Waals surface area contributed by atoms with Gasteiger partial charge in [-0.15, -0.1) is 0 Å². The van der Waals surface area contributed by atoms with E-state index in [1.165, 1.54) is 13.2 Å². The fourth-order valence-electron chi connectivity index (χ4n) is 5.82. The second kappa shape index (κ2) is 12.1. The van der Waals surface area contributed by atoms with Crippen molar-refractivity contribution in [3.05, 3.63) is 52.8 Å². The third kappa shape index (κ3) is 6.10. The van der Waals surface area contributed by atoms with Crippen LogP contribution >= 0.6 is 11.6 Å². The number of fused-ring (bicyclic) bond motifs is 1. The van der Waals surface area contributed by atoms with Gasteiger partial charge in [-0.3, -0.25) is 4.79 Å². The van der Waals surface area contributed by atoms with Crippen LogP contribution < -0.4 is 20.3 Å². The number of rotatable bonds is 8. The molecule has 40 heavy (non-hydrogen) atoms. The van der Waals surface area contributed by atoms with Crippen LogP contribution in [-0.4, -0.2) is 65.6 Å². The number of nitrogens with one attached hydrogen (secondary N) is 2. The molecule has 0 aliphatic carbocycles. The van der Waals surface area contributed by atoms with Crippen LogP contribution in [0.5, 0.6) is 5.75 Å². The monoisotopic (exact) mass is 568 g/mol. The maximum absolute atomic E-state index is 14.7. The summed E-state index contributed by atoms with van der Waals surface area (Å²) >= 11 is 6.04. The number of amides is 1. The maximum atomic E-state index is 14.7. The Hall–Kier alpha value is -3.17. The van der Waals surface area contributed by atoms with Gasteiger partial charge >= 0.3 is 0 Å². The van der Waals surface area contributed by atoms with Crippen molar-refractivity contribution in [3.8, 4) is 5.75 Å². The molecule has 5 rings (SSSR count). The minimum absolute atomic E-state index is 0.0936. The summed E-state index contributed by atoms with van der Waals surface area (Å²) in [5.41, 5.74) is 1.63. The van der Waals surface area contributed by atoms with Crippen LogP contribution in [0.4, 0.5) is 16.2 Å². The molecule has 2 unspecified atom stereocenters. The van der Waals surface area contributed by atoms with Crippen molar-refractivity contribution in [3.63, 3.8) is 0 Å². The van der Waals surface area contributed by atoms with E-state index in [0.29, 0.717) is 40.2 Å². The van der Waals surface area contributed by atoms with Crippen LogP contribution in [0.15, 0.2) is 36.4 Å². The highest BCUT2D eigenvalue weighted by Gasteiger charge is 2.36. The summed E-state index contributed by atoms with van der Waals surface area (Å²) in [5, 5.41) is 8.03. The van der Waals surface area contributed by atoms with Crippen LogP contribution in [0.3, 0.4) is 0 Å². The van der Waals surface area contributed by atoms with E-state index in [4.69, 9.17) is 26.3 Å². The molecule has 0 spiro atoms. The molecule has 2 fully saturated rings. The lowest BCUT2D eigenvalue weighted by molar-refractivity contribution is -0.138. The number of hydrogen-bond donors (Lipinski definition) is 2. The number of hydrogen-bond acceptors (Lipinski definition) is 7. The van der Waals surface area contributed by atoms with Gasteiger partial charge in [0.2, 0.25) is 11.9 Å². The number of piperidine rings is 1. The summed E-state index contributed by atoms with van der Waals surface area (Å²) in [4.78, 5) is 27.3. The Bertz CT molecular complexity index is 1350. The summed E-state index contributed by atoms with van der Waals surface area (Å²) < 4.78 is 19.9. The highest BCUT2D eigenvalue weighted by atomic mass is 35.5. The zero-order chi connectivity index (χ0) is 28.4. The third-order valence-corrected chi connectivity index (χ3v) is 8.18. The van der Waals surface area contributed by atoms with E-state index in [-0.39, 0.29) is 29.8 Å². The number of carbonyl (C=O) groups excluding carboxylic acids is 1. The standard InChI is InChI=1S/C30H38ClFN6O2/c1-18(2)38(29(39)26-13-19(3)16-33-26)22-9-11-37(12-10-22)30-35-25-15-27(40-4)24(32)14-23(25)28(36-30)34-17-20-5-7-21(31)8-6-20/h5-8,14-15,18-19,22,26,33H,9-13,16-17H2,1-4H3,(H,34,35,36).